The maximum Gasteiger partial charge on any atom is 0.277 e. The minimum absolute atomic E-state index is 0.217. The number of thiophene rings is 1. The van der Waals surface area contributed by atoms with E-state index in [0.29, 0.717) is 12.2 Å². The number of anilines is 1. The van der Waals surface area contributed by atoms with Crippen LogP contribution in [-0.4, -0.2) is 27.1 Å². The Balaban J connectivity index is 1.56. The van der Waals surface area contributed by atoms with Crippen molar-refractivity contribution in [3.05, 3.63) is 94.0 Å². The minimum atomic E-state index is -1.16. The molecule has 0 bridgehead atoms. The molecule has 2 aromatic heterocycles. The van der Waals surface area contributed by atoms with Gasteiger partial charge in [0, 0.05) is 12.2 Å². The number of fused-ring (bicyclic) bond motifs is 1. The first kappa shape index (κ1) is 23.1. The van der Waals surface area contributed by atoms with Gasteiger partial charge < -0.3 is 5.32 Å². The number of carbonyl (C=O) groups excluding carboxylic acids is 2. The molecule has 3 heterocycles. The van der Waals surface area contributed by atoms with Gasteiger partial charge in [0.1, 0.15) is 16.9 Å². The van der Waals surface area contributed by atoms with Crippen molar-refractivity contribution in [1.82, 2.24) is 15.1 Å². The van der Waals surface area contributed by atoms with Gasteiger partial charge in [-0.3, -0.25) is 19.2 Å². The number of hydrogen-bond donors (Lipinski definition) is 1. The fourth-order valence-electron chi connectivity index (χ4n) is 4.75. The van der Waals surface area contributed by atoms with Gasteiger partial charge in [0.25, 0.3) is 5.91 Å². The Morgan fingerprint density at radius 2 is 1.86 bits per heavy atom. The molecule has 6 nitrogen and oxygen atoms in total. The second-order valence-corrected chi connectivity index (χ2v) is 10.4. The third-order valence-electron chi connectivity index (χ3n) is 6.54. The topological polar surface area (TPSA) is 67.2 Å². The van der Waals surface area contributed by atoms with Gasteiger partial charge in [0.05, 0.1) is 11.4 Å². The Hall–Kier alpha value is -3.71. The molecule has 4 aromatic rings. The van der Waals surface area contributed by atoms with Crippen LogP contribution in [0.25, 0.3) is 10.6 Å². The number of rotatable bonds is 5. The van der Waals surface area contributed by atoms with Gasteiger partial charge in [-0.05, 0) is 62.4 Å². The lowest BCUT2D eigenvalue weighted by atomic mass is 9.92. The molecule has 7 heteroatoms. The highest BCUT2D eigenvalue weighted by Crippen LogP contribution is 2.36. The summed E-state index contributed by atoms with van der Waals surface area (Å²) in [5.74, 6) is -0.446. The summed E-state index contributed by atoms with van der Waals surface area (Å²) in [6, 6.07) is 19.8. The van der Waals surface area contributed by atoms with E-state index in [9.17, 15) is 9.59 Å². The fraction of sp³-hybridized carbons (Fsp3) is 0.250. The first-order chi connectivity index (χ1) is 16.8. The van der Waals surface area contributed by atoms with Gasteiger partial charge in [-0.2, -0.15) is 5.10 Å². The summed E-state index contributed by atoms with van der Waals surface area (Å²) in [6.45, 7) is 8.49. The largest absolute Gasteiger partial charge is 0.350 e. The Labute approximate surface area is 209 Å². The average Bonchev–Trinajstić information content (AvgIpc) is 3.49. The highest BCUT2D eigenvalue weighted by Gasteiger charge is 2.49. The van der Waals surface area contributed by atoms with Crippen molar-refractivity contribution in [3.63, 3.8) is 0 Å². The number of hydrogen-bond acceptors (Lipinski definition) is 4. The zero-order valence-electron chi connectivity index (χ0n) is 20.3. The molecular formula is C28H28N4O2S. The Kier molecular flexibility index (Phi) is 5.81. The molecule has 1 atom stereocenters. The number of aromatic nitrogens is 2. The molecule has 35 heavy (non-hydrogen) atoms. The first-order valence-corrected chi connectivity index (χ1v) is 12.5. The maximum absolute atomic E-state index is 14.0. The molecule has 1 aliphatic heterocycles. The molecule has 0 fully saturated rings. The van der Waals surface area contributed by atoms with Crippen molar-refractivity contribution in [2.45, 2.75) is 46.3 Å². The van der Waals surface area contributed by atoms with Gasteiger partial charge in [-0.15, -0.1) is 11.3 Å². The second-order valence-electron chi connectivity index (χ2n) is 9.43. The lowest BCUT2D eigenvalue weighted by Crippen LogP contribution is -2.64. The number of nitrogens with one attached hydrogen (secondary N) is 1. The molecule has 0 saturated heterocycles. The summed E-state index contributed by atoms with van der Waals surface area (Å²) < 4.78 is 1.68. The van der Waals surface area contributed by atoms with E-state index in [4.69, 9.17) is 5.10 Å². The van der Waals surface area contributed by atoms with E-state index in [2.05, 4.69) is 11.4 Å². The molecule has 0 unspecified atom stereocenters. The van der Waals surface area contributed by atoms with Crippen LogP contribution < -0.4 is 10.2 Å². The average molecular weight is 485 g/mol. The van der Waals surface area contributed by atoms with E-state index >= 15 is 0 Å². The lowest BCUT2D eigenvalue weighted by molar-refractivity contribution is -0.126. The van der Waals surface area contributed by atoms with E-state index in [0.717, 1.165) is 38.5 Å². The zero-order chi connectivity index (χ0) is 24.7. The Morgan fingerprint density at radius 1 is 1.06 bits per heavy atom. The molecule has 0 radical (unpaired) electrons. The number of aryl methyl sites for hydroxylation is 3. The summed E-state index contributed by atoms with van der Waals surface area (Å²) in [7, 11) is 0. The number of benzene rings is 2. The molecule has 2 aromatic carbocycles. The quantitative estimate of drug-likeness (QED) is 0.420. The molecule has 1 N–H and O–H groups in total. The lowest BCUT2D eigenvalue weighted by Gasteiger charge is -2.43. The van der Waals surface area contributed by atoms with Crippen molar-refractivity contribution in [1.29, 1.82) is 0 Å². The molecular weight excluding hydrogens is 456 g/mol. The van der Waals surface area contributed by atoms with Crippen molar-refractivity contribution in [2.75, 3.05) is 4.90 Å². The predicted octanol–water partition coefficient (Wildman–Crippen LogP) is 5.27. The van der Waals surface area contributed by atoms with Crippen molar-refractivity contribution in [3.8, 4) is 10.6 Å². The van der Waals surface area contributed by atoms with Crippen molar-refractivity contribution in [2.24, 2.45) is 0 Å². The highest BCUT2D eigenvalue weighted by atomic mass is 32.1. The van der Waals surface area contributed by atoms with E-state index in [1.165, 1.54) is 0 Å². The SMILES string of the molecule is Cc1cccc(CNC(=O)[C@@]2(C)Cn3nc(-c4cccs4)cc3C(=O)N2c2ccc(C)cc2C)c1. The van der Waals surface area contributed by atoms with Crippen LogP contribution in [0.1, 0.15) is 39.7 Å². The van der Waals surface area contributed by atoms with Crippen LogP contribution in [0.2, 0.25) is 0 Å². The molecule has 178 valence electrons. The zero-order valence-corrected chi connectivity index (χ0v) is 21.1. The van der Waals surface area contributed by atoms with E-state index in [1.807, 2.05) is 87.7 Å². The van der Waals surface area contributed by atoms with Crippen molar-refractivity contribution < 1.29 is 9.59 Å². The third-order valence-corrected chi connectivity index (χ3v) is 7.44. The number of nitrogens with zero attached hydrogens (tertiary/aromatic N) is 3. The molecule has 0 spiro atoms. The van der Waals surface area contributed by atoms with Gasteiger partial charge in [0.15, 0.2) is 0 Å². The fourth-order valence-corrected chi connectivity index (χ4v) is 5.44. The summed E-state index contributed by atoms with van der Waals surface area (Å²) in [4.78, 5) is 30.4. The van der Waals surface area contributed by atoms with Crippen LogP contribution in [0.15, 0.2) is 66.0 Å². The Bertz CT molecular complexity index is 1420. The third kappa shape index (κ3) is 4.17. The molecule has 0 saturated carbocycles. The van der Waals surface area contributed by atoms with Crippen LogP contribution in [0, 0.1) is 20.8 Å². The highest BCUT2D eigenvalue weighted by molar-refractivity contribution is 7.13. The number of amides is 2. The molecule has 5 rings (SSSR count). The maximum atomic E-state index is 14.0. The molecule has 2 amide bonds. The number of carbonyl (C=O) groups is 2. The van der Waals surface area contributed by atoms with Crippen LogP contribution in [0.4, 0.5) is 5.69 Å². The molecule has 1 aliphatic rings. The van der Waals surface area contributed by atoms with E-state index in [-0.39, 0.29) is 18.4 Å². The molecule has 0 aliphatic carbocycles. The van der Waals surface area contributed by atoms with Crippen LogP contribution >= 0.6 is 11.3 Å². The smallest absolute Gasteiger partial charge is 0.277 e. The summed E-state index contributed by atoms with van der Waals surface area (Å²) in [6.07, 6.45) is 0. The van der Waals surface area contributed by atoms with Crippen molar-refractivity contribution >= 4 is 28.8 Å². The minimum Gasteiger partial charge on any atom is -0.350 e. The monoisotopic (exact) mass is 484 g/mol. The van der Waals surface area contributed by atoms with Crippen LogP contribution in [-0.2, 0) is 17.9 Å². The van der Waals surface area contributed by atoms with Gasteiger partial charge in [0.2, 0.25) is 5.91 Å². The first-order valence-electron chi connectivity index (χ1n) is 11.6. The summed E-state index contributed by atoms with van der Waals surface area (Å²) in [5, 5.41) is 9.78. The van der Waals surface area contributed by atoms with Gasteiger partial charge in [-0.25, -0.2) is 0 Å². The predicted molar refractivity (Wildman–Crippen MR) is 140 cm³/mol. The van der Waals surface area contributed by atoms with Gasteiger partial charge >= 0.3 is 0 Å². The summed E-state index contributed by atoms with van der Waals surface area (Å²) >= 11 is 1.57. The second kappa shape index (κ2) is 8.82. The summed E-state index contributed by atoms with van der Waals surface area (Å²) in [5.41, 5.74) is 5.00. The Morgan fingerprint density at radius 3 is 2.57 bits per heavy atom. The van der Waals surface area contributed by atoms with E-state index < -0.39 is 5.54 Å². The van der Waals surface area contributed by atoms with Crippen LogP contribution in [0.5, 0.6) is 0 Å². The normalized spacial score (nSPS) is 17.4. The standard InChI is InChI=1S/C28H28N4O2S/c1-18-7-5-8-21(14-18)16-29-27(34)28(4)17-31-24(15-22(30-31)25-9-6-12-35-25)26(33)32(28)23-11-10-19(2)13-20(23)3/h5-15H,16-17H2,1-4H3,(H,29,34)/t28-/m1/s1. The van der Waals surface area contributed by atoms with E-state index in [1.54, 1.807) is 20.9 Å². The van der Waals surface area contributed by atoms with Gasteiger partial charge in [-0.1, -0.05) is 53.6 Å². The van der Waals surface area contributed by atoms with Crippen LogP contribution in [0.3, 0.4) is 0 Å².